The zero-order valence-corrected chi connectivity index (χ0v) is 10.1. The van der Waals surface area contributed by atoms with Crippen LogP contribution in [0.5, 0.6) is 0 Å². The maximum absolute atomic E-state index is 10.5. The molecule has 0 aliphatic heterocycles. The van der Waals surface area contributed by atoms with Gasteiger partial charge in [0.15, 0.2) is 0 Å². The average molecular weight is 200 g/mol. The standard InChI is InChI=1S/C12H26NO/c1-4-5-6-7-8-9-10-11-12(2,3)13-14/h13H,4-11H2,1-3H3/q-1. The van der Waals surface area contributed by atoms with Gasteiger partial charge in [-0.15, -0.1) is 0 Å². The topological polar surface area (TPSA) is 35.1 Å². The quantitative estimate of drug-likeness (QED) is 0.451. The van der Waals surface area contributed by atoms with E-state index in [1.807, 2.05) is 13.8 Å². The zero-order chi connectivity index (χ0) is 10.9. The molecule has 0 fully saturated rings. The molecule has 0 saturated carbocycles. The Morgan fingerprint density at radius 2 is 1.43 bits per heavy atom. The Kier molecular flexibility index (Phi) is 8.20. The molecule has 0 rings (SSSR count). The maximum atomic E-state index is 10.5. The van der Waals surface area contributed by atoms with Gasteiger partial charge in [0.1, 0.15) is 0 Å². The highest BCUT2D eigenvalue weighted by atomic mass is 16.5. The first-order chi connectivity index (χ1) is 6.62. The van der Waals surface area contributed by atoms with Crippen molar-refractivity contribution in [1.29, 1.82) is 0 Å². The summed E-state index contributed by atoms with van der Waals surface area (Å²) in [6, 6.07) is 0. The number of rotatable bonds is 9. The fraction of sp³-hybridized carbons (Fsp3) is 1.00. The van der Waals surface area contributed by atoms with Crippen molar-refractivity contribution >= 4 is 0 Å². The van der Waals surface area contributed by atoms with Crippen molar-refractivity contribution in [1.82, 2.24) is 5.48 Å². The molecule has 86 valence electrons. The SMILES string of the molecule is CCCCCCCCCC(C)(C)N[O-]. The minimum Gasteiger partial charge on any atom is -0.787 e. The molecule has 0 atom stereocenters. The van der Waals surface area contributed by atoms with Gasteiger partial charge in [0.25, 0.3) is 0 Å². The molecular weight excluding hydrogens is 174 g/mol. The van der Waals surface area contributed by atoms with Crippen LogP contribution in [0.4, 0.5) is 0 Å². The van der Waals surface area contributed by atoms with Gasteiger partial charge in [0.05, 0.1) is 0 Å². The summed E-state index contributed by atoms with van der Waals surface area (Å²) in [7, 11) is 0. The highest BCUT2D eigenvalue weighted by molar-refractivity contribution is 4.76. The molecule has 0 aromatic heterocycles. The average Bonchev–Trinajstić information content (AvgIpc) is 2.16. The van der Waals surface area contributed by atoms with Gasteiger partial charge in [-0.05, 0) is 20.3 Å². The summed E-state index contributed by atoms with van der Waals surface area (Å²) >= 11 is 0. The molecule has 0 aromatic carbocycles. The van der Waals surface area contributed by atoms with E-state index < -0.39 is 0 Å². The molecule has 0 spiro atoms. The van der Waals surface area contributed by atoms with Crippen LogP contribution in [0.15, 0.2) is 0 Å². The van der Waals surface area contributed by atoms with Crippen LogP contribution >= 0.6 is 0 Å². The Bertz CT molecular complexity index is 123. The summed E-state index contributed by atoms with van der Waals surface area (Å²) in [4.78, 5) is 0. The lowest BCUT2D eigenvalue weighted by Gasteiger charge is -2.30. The fourth-order valence-electron chi connectivity index (χ4n) is 1.58. The highest BCUT2D eigenvalue weighted by Crippen LogP contribution is 2.15. The number of unbranched alkanes of at least 4 members (excludes halogenated alkanes) is 6. The lowest BCUT2D eigenvalue weighted by molar-refractivity contribution is 0.388. The molecule has 0 bridgehead atoms. The van der Waals surface area contributed by atoms with E-state index in [1.54, 1.807) is 0 Å². The van der Waals surface area contributed by atoms with E-state index in [4.69, 9.17) is 0 Å². The van der Waals surface area contributed by atoms with Crippen LogP contribution in [0.2, 0.25) is 0 Å². The Balaban J connectivity index is 3.13. The molecule has 1 N–H and O–H groups in total. The predicted molar refractivity (Wildman–Crippen MR) is 63.2 cm³/mol. The van der Waals surface area contributed by atoms with Crippen molar-refractivity contribution < 1.29 is 0 Å². The number of hydrogen-bond donors (Lipinski definition) is 1. The summed E-state index contributed by atoms with van der Waals surface area (Å²) in [6.45, 7) is 6.18. The predicted octanol–water partition coefficient (Wildman–Crippen LogP) is 3.99. The highest BCUT2D eigenvalue weighted by Gasteiger charge is 2.10. The summed E-state index contributed by atoms with van der Waals surface area (Å²) in [5.41, 5.74) is 1.88. The van der Waals surface area contributed by atoms with Crippen molar-refractivity contribution in [3.05, 3.63) is 5.21 Å². The third-order valence-electron chi connectivity index (χ3n) is 2.68. The molecule has 2 heteroatoms. The lowest BCUT2D eigenvalue weighted by atomic mass is 9.97. The van der Waals surface area contributed by atoms with Gasteiger partial charge < -0.3 is 10.7 Å². The third kappa shape index (κ3) is 8.52. The minimum atomic E-state index is -0.219. The maximum Gasteiger partial charge on any atom is 0.000819 e. The van der Waals surface area contributed by atoms with Gasteiger partial charge in [0, 0.05) is 5.54 Å². The summed E-state index contributed by atoms with van der Waals surface area (Å²) < 4.78 is 0. The van der Waals surface area contributed by atoms with Gasteiger partial charge in [0.2, 0.25) is 0 Å². The van der Waals surface area contributed by atoms with E-state index in [0.29, 0.717) is 0 Å². The molecule has 0 heterocycles. The first-order valence-electron chi connectivity index (χ1n) is 6.01. The van der Waals surface area contributed by atoms with E-state index in [9.17, 15) is 5.21 Å². The Morgan fingerprint density at radius 3 is 1.93 bits per heavy atom. The molecule has 0 unspecified atom stereocenters. The molecule has 0 aromatic rings. The van der Waals surface area contributed by atoms with Crippen molar-refractivity contribution in [2.24, 2.45) is 0 Å². The summed E-state index contributed by atoms with van der Waals surface area (Å²) in [5, 5.41) is 10.5. The van der Waals surface area contributed by atoms with E-state index >= 15 is 0 Å². The van der Waals surface area contributed by atoms with Gasteiger partial charge in [-0.1, -0.05) is 51.9 Å². The van der Waals surface area contributed by atoms with Crippen LogP contribution in [0.1, 0.15) is 72.1 Å². The van der Waals surface area contributed by atoms with Gasteiger partial charge in [-0.25, -0.2) is 0 Å². The van der Waals surface area contributed by atoms with E-state index in [0.717, 1.165) is 6.42 Å². The number of hydrogen-bond acceptors (Lipinski definition) is 2. The van der Waals surface area contributed by atoms with Crippen molar-refractivity contribution in [3.63, 3.8) is 0 Å². The number of hydroxylamine groups is 1. The Hall–Kier alpha value is -0.0800. The van der Waals surface area contributed by atoms with Crippen LogP contribution in [-0.4, -0.2) is 5.54 Å². The van der Waals surface area contributed by atoms with Gasteiger partial charge in [-0.3, -0.25) is 0 Å². The van der Waals surface area contributed by atoms with Crippen molar-refractivity contribution in [2.75, 3.05) is 0 Å². The second-order valence-electron chi connectivity index (χ2n) is 4.86. The monoisotopic (exact) mass is 200 g/mol. The van der Waals surface area contributed by atoms with Crippen LogP contribution in [0.25, 0.3) is 0 Å². The lowest BCUT2D eigenvalue weighted by Crippen LogP contribution is -2.34. The fourth-order valence-corrected chi connectivity index (χ4v) is 1.58. The third-order valence-corrected chi connectivity index (χ3v) is 2.68. The summed E-state index contributed by atoms with van der Waals surface area (Å²) in [5.74, 6) is 0. The second-order valence-corrected chi connectivity index (χ2v) is 4.86. The number of nitrogens with one attached hydrogen (secondary N) is 1. The van der Waals surface area contributed by atoms with Crippen LogP contribution in [0.3, 0.4) is 0 Å². The van der Waals surface area contributed by atoms with Crippen molar-refractivity contribution in [2.45, 2.75) is 77.7 Å². The van der Waals surface area contributed by atoms with Crippen LogP contribution in [0, 0.1) is 5.21 Å². The molecule has 0 saturated heterocycles. The normalized spacial score (nSPS) is 12.0. The molecule has 0 aliphatic rings. The van der Waals surface area contributed by atoms with E-state index in [2.05, 4.69) is 12.4 Å². The molecule has 2 nitrogen and oxygen atoms in total. The molecule has 0 radical (unpaired) electrons. The Morgan fingerprint density at radius 1 is 0.929 bits per heavy atom. The Labute approximate surface area is 89.1 Å². The molecule has 0 aliphatic carbocycles. The second kappa shape index (κ2) is 8.25. The first kappa shape index (κ1) is 13.9. The van der Waals surface area contributed by atoms with Gasteiger partial charge >= 0.3 is 0 Å². The first-order valence-corrected chi connectivity index (χ1v) is 6.01. The van der Waals surface area contributed by atoms with Crippen LogP contribution < -0.4 is 5.48 Å². The molecular formula is C12H26NO-. The zero-order valence-electron chi connectivity index (χ0n) is 10.1. The van der Waals surface area contributed by atoms with Crippen molar-refractivity contribution in [3.8, 4) is 0 Å². The van der Waals surface area contributed by atoms with E-state index in [-0.39, 0.29) is 5.54 Å². The minimum absolute atomic E-state index is 0.219. The van der Waals surface area contributed by atoms with E-state index in [1.165, 1.54) is 44.9 Å². The molecule has 14 heavy (non-hydrogen) atoms. The summed E-state index contributed by atoms with van der Waals surface area (Å²) in [6.07, 6.45) is 10.2. The smallest absolute Gasteiger partial charge is 0.000819 e. The largest absolute Gasteiger partial charge is 0.787 e. The van der Waals surface area contributed by atoms with Gasteiger partial charge in [-0.2, -0.15) is 0 Å². The van der Waals surface area contributed by atoms with Crippen LogP contribution in [-0.2, 0) is 0 Å². The molecule has 0 amide bonds.